The van der Waals surface area contributed by atoms with Crippen LogP contribution in [0.25, 0.3) is 0 Å². The lowest BCUT2D eigenvalue weighted by Gasteiger charge is -2.30. The van der Waals surface area contributed by atoms with Crippen LogP contribution in [0, 0.1) is 5.92 Å². The highest BCUT2D eigenvalue weighted by Crippen LogP contribution is 2.28. The van der Waals surface area contributed by atoms with Gasteiger partial charge in [0, 0.05) is 29.9 Å². The van der Waals surface area contributed by atoms with Gasteiger partial charge in [-0.05, 0) is 44.4 Å². The van der Waals surface area contributed by atoms with Crippen molar-refractivity contribution in [1.82, 2.24) is 10.6 Å². The normalized spacial score (nSPS) is 20.6. The van der Waals surface area contributed by atoms with Crippen LogP contribution in [0.1, 0.15) is 50.9 Å². The van der Waals surface area contributed by atoms with E-state index in [4.69, 9.17) is 32.5 Å². The lowest BCUT2D eigenvalue weighted by Crippen LogP contribution is -2.50. The highest BCUT2D eigenvalue weighted by atomic mass is 35.5. The lowest BCUT2D eigenvalue weighted by atomic mass is 9.65. The van der Waals surface area contributed by atoms with Gasteiger partial charge in [0.05, 0.1) is 17.1 Å². The van der Waals surface area contributed by atoms with E-state index in [-0.39, 0.29) is 47.1 Å². The van der Waals surface area contributed by atoms with Gasteiger partial charge >= 0.3 is 13.1 Å². The lowest BCUT2D eigenvalue weighted by molar-refractivity contribution is -0.139. The number of carbonyl (C=O) groups is 3. The summed E-state index contributed by atoms with van der Waals surface area (Å²) in [6.45, 7) is 7.89. The smallest absolute Gasteiger partial charge is 0.508 e. The number of ketones is 1. The highest BCUT2D eigenvalue weighted by molar-refractivity contribution is 6.49. The van der Waals surface area contributed by atoms with Crippen LogP contribution >= 0.6 is 23.2 Å². The van der Waals surface area contributed by atoms with E-state index in [9.17, 15) is 14.4 Å². The zero-order valence-corrected chi connectivity index (χ0v) is 19.8. The van der Waals surface area contributed by atoms with Crippen LogP contribution in [0.3, 0.4) is 0 Å². The van der Waals surface area contributed by atoms with Gasteiger partial charge in [-0.3, -0.25) is 19.7 Å². The summed E-state index contributed by atoms with van der Waals surface area (Å²) in [5.74, 6) is -1.15. The zero-order valence-electron chi connectivity index (χ0n) is 18.2. The molecule has 1 aliphatic rings. The summed E-state index contributed by atoms with van der Waals surface area (Å²) in [7, 11) is -0.816. The number of nitrogens with one attached hydrogen (secondary N) is 2. The molecule has 0 aromatic heterocycles. The number of benzene rings is 1. The maximum Gasteiger partial charge on any atom is 0.531 e. The second kappa shape index (κ2) is 11.9. The van der Waals surface area contributed by atoms with E-state index < -0.39 is 25.0 Å². The molecule has 0 radical (unpaired) electrons. The molecule has 1 saturated heterocycles. The fourth-order valence-corrected chi connectivity index (χ4v) is 3.85. The first-order chi connectivity index (χ1) is 14.6. The Morgan fingerprint density at radius 3 is 2.68 bits per heavy atom. The summed E-state index contributed by atoms with van der Waals surface area (Å²) in [4.78, 5) is 37.3. The molecule has 0 bridgehead atoms. The molecule has 2 N–H and O–H groups in total. The van der Waals surface area contributed by atoms with Crippen molar-refractivity contribution in [2.45, 2.75) is 58.4 Å². The topological polar surface area (TPSA) is 93.7 Å². The number of hydrogen-bond acceptors (Lipinski definition) is 6. The van der Waals surface area contributed by atoms with Crippen LogP contribution in [0.4, 0.5) is 0 Å². The van der Waals surface area contributed by atoms with Crippen molar-refractivity contribution >= 4 is 48.0 Å². The van der Waals surface area contributed by atoms with Crippen molar-refractivity contribution < 1.29 is 23.7 Å². The van der Waals surface area contributed by atoms with Crippen molar-refractivity contribution in [2.75, 3.05) is 13.2 Å². The summed E-state index contributed by atoms with van der Waals surface area (Å²) in [6, 6.07) is 4.07. The SMILES string of the molecule is CC(C)C[C@H](CC(=O)CNC(=O)c1cc(Cl)ccc1Cl)B1OC[C@@H](C)N[C@@H](C)C(=O)O1. The molecule has 1 fully saturated rings. The van der Waals surface area contributed by atoms with Gasteiger partial charge < -0.3 is 14.6 Å². The van der Waals surface area contributed by atoms with Crippen molar-refractivity contribution in [2.24, 2.45) is 5.92 Å². The zero-order chi connectivity index (χ0) is 23.1. The van der Waals surface area contributed by atoms with E-state index in [0.717, 1.165) is 0 Å². The molecule has 1 amide bonds. The van der Waals surface area contributed by atoms with E-state index in [1.807, 2.05) is 20.8 Å². The third-order valence-electron chi connectivity index (χ3n) is 4.90. The van der Waals surface area contributed by atoms with Gasteiger partial charge in [-0.15, -0.1) is 0 Å². The number of hydrogen-bond donors (Lipinski definition) is 2. The number of carbonyl (C=O) groups excluding carboxylic acids is 3. The molecule has 0 saturated carbocycles. The van der Waals surface area contributed by atoms with Gasteiger partial charge in [-0.2, -0.15) is 0 Å². The molecule has 1 aliphatic heterocycles. The van der Waals surface area contributed by atoms with E-state index >= 15 is 0 Å². The Hall–Kier alpha value is -1.61. The summed E-state index contributed by atoms with van der Waals surface area (Å²) in [5, 5.41) is 6.30. The molecule has 3 atom stereocenters. The van der Waals surface area contributed by atoms with E-state index in [0.29, 0.717) is 18.1 Å². The van der Waals surface area contributed by atoms with Crippen molar-refractivity contribution in [3.8, 4) is 0 Å². The quantitative estimate of drug-likeness (QED) is 0.564. The monoisotopic (exact) mass is 470 g/mol. The third kappa shape index (κ3) is 8.11. The van der Waals surface area contributed by atoms with Gasteiger partial charge in [-0.25, -0.2) is 0 Å². The second-order valence-electron chi connectivity index (χ2n) is 8.37. The molecule has 2 rings (SSSR count). The minimum atomic E-state index is -0.816. The van der Waals surface area contributed by atoms with Crippen LogP contribution in [-0.2, 0) is 18.9 Å². The first kappa shape index (κ1) is 25.7. The molecule has 7 nitrogen and oxygen atoms in total. The molecule has 170 valence electrons. The first-order valence-electron chi connectivity index (χ1n) is 10.4. The van der Waals surface area contributed by atoms with Crippen molar-refractivity contribution in [3.05, 3.63) is 33.8 Å². The molecule has 31 heavy (non-hydrogen) atoms. The van der Waals surface area contributed by atoms with Crippen LogP contribution in [0.2, 0.25) is 15.9 Å². The summed E-state index contributed by atoms with van der Waals surface area (Å²) in [6.07, 6.45) is 0.740. The Kier molecular flexibility index (Phi) is 9.81. The minimum absolute atomic E-state index is 0.0255. The van der Waals surface area contributed by atoms with Gasteiger partial charge in [-0.1, -0.05) is 37.0 Å². The molecule has 10 heteroatoms. The minimum Gasteiger partial charge on any atom is -0.508 e. The Balaban J connectivity index is 2.02. The maximum absolute atomic E-state index is 12.6. The summed E-state index contributed by atoms with van der Waals surface area (Å²) in [5.41, 5.74) is 0.202. The van der Waals surface area contributed by atoms with Crippen LogP contribution in [0.15, 0.2) is 18.2 Å². The molecule has 0 aliphatic carbocycles. The predicted molar refractivity (Wildman–Crippen MR) is 121 cm³/mol. The van der Waals surface area contributed by atoms with Gasteiger partial charge in [0.15, 0.2) is 5.78 Å². The van der Waals surface area contributed by atoms with Gasteiger partial charge in [0.25, 0.3) is 5.91 Å². The molecular formula is C21H29BCl2N2O5. The fraction of sp³-hybridized carbons (Fsp3) is 0.571. The van der Waals surface area contributed by atoms with Crippen molar-refractivity contribution in [3.63, 3.8) is 0 Å². The second-order valence-corrected chi connectivity index (χ2v) is 9.21. The molecular weight excluding hydrogens is 442 g/mol. The van der Waals surface area contributed by atoms with E-state index in [1.165, 1.54) is 12.1 Å². The highest BCUT2D eigenvalue weighted by Gasteiger charge is 2.38. The van der Waals surface area contributed by atoms with Gasteiger partial charge in [0.1, 0.15) is 6.04 Å². The number of halogens is 2. The third-order valence-corrected chi connectivity index (χ3v) is 5.46. The number of rotatable bonds is 8. The van der Waals surface area contributed by atoms with Crippen LogP contribution < -0.4 is 10.6 Å². The first-order valence-corrected chi connectivity index (χ1v) is 11.2. The number of Topliss-reactive ketones (excluding diaryl/α,β-unsaturated/α-hetero) is 1. The van der Waals surface area contributed by atoms with Crippen LogP contribution in [-0.4, -0.2) is 50.0 Å². The van der Waals surface area contributed by atoms with E-state index in [2.05, 4.69) is 10.6 Å². The van der Waals surface area contributed by atoms with Crippen molar-refractivity contribution in [1.29, 1.82) is 0 Å². The number of amides is 1. The Labute approximate surface area is 193 Å². The largest absolute Gasteiger partial charge is 0.531 e. The average molecular weight is 471 g/mol. The standard InChI is InChI=1S/C21H29BCl2N2O5/c1-12(2)7-15(22-30-11-13(3)26-14(4)21(29)31-22)8-17(27)10-25-20(28)18-9-16(23)5-6-19(18)24/h5-6,9,12-15,26H,7-8,10-11H2,1-4H3,(H,25,28)/t13-,14+,15-/m1/s1. The molecule has 1 aromatic carbocycles. The molecule has 0 spiro atoms. The maximum atomic E-state index is 12.6. The Bertz CT molecular complexity index is 808. The summed E-state index contributed by atoms with van der Waals surface area (Å²) >= 11 is 12.0. The van der Waals surface area contributed by atoms with E-state index in [1.54, 1.807) is 13.0 Å². The predicted octanol–water partition coefficient (Wildman–Crippen LogP) is 3.53. The van der Waals surface area contributed by atoms with Crippen LogP contribution in [0.5, 0.6) is 0 Å². The fourth-order valence-electron chi connectivity index (χ4n) is 3.47. The Morgan fingerprint density at radius 1 is 1.29 bits per heavy atom. The molecule has 0 unspecified atom stereocenters. The molecule has 1 heterocycles. The summed E-state index contributed by atoms with van der Waals surface area (Å²) < 4.78 is 11.4. The Morgan fingerprint density at radius 2 is 2.00 bits per heavy atom. The molecule has 1 aromatic rings. The average Bonchev–Trinajstić information content (AvgIpc) is 2.69. The van der Waals surface area contributed by atoms with Gasteiger partial charge in [0.2, 0.25) is 0 Å².